The summed E-state index contributed by atoms with van der Waals surface area (Å²) in [6.45, 7) is 6.01. The number of benzene rings is 1. The van der Waals surface area contributed by atoms with Crippen LogP contribution in [-0.4, -0.2) is 10.4 Å². The van der Waals surface area contributed by atoms with Crippen LogP contribution >= 0.6 is 0 Å². The van der Waals surface area contributed by atoms with E-state index in [1.807, 2.05) is 55.9 Å². The number of hydrogen-bond acceptors (Lipinski definition) is 1. The number of para-hydroxylation sites is 1. The number of nitrogens with zero attached hydrogens (tertiary/aromatic N) is 2. The first-order valence-corrected chi connectivity index (χ1v) is 7.90. The third-order valence-electron chi connectivity index (χ3n) is 4.21. The highest BCUT2D eigenvalue weighted by Crippen LogP contribution is 2.23. The Morgan fingerprint density at radius 2 is 1.75 bits per heavy atom. The molecule has 0 saturated carbocycles. The van der Waals surface area contributed by atoms with Gasteiger partial charge in [-0.15, -0.1) is 0 Å². The maximum absolute atomic E-state index is 14.1. The molecule has 3 aromatic rings. The summed E-state index contributed by atoms with van der Waals surface area (Å²) in [6.07, 6.45) is 3.78. The number of rotatable bonds is 4. The Labute approximate surface area is 141 Å². The molecule has 2 aromatic heterocycles. The molecule has 24 heavy (non-hydrogen) atoms. The summed E-state index contributed by atoms with van der Waals surface area (Å²) in [5, 5.41) is 0. The maximum Gasteiger partial charge on any atom is 0.229 e. The lowest BCUT2D eigenvalue weighted by molar-refractivity contribution is -0.683. The van der Waals surface area contributed by atoms with Crippen molar-refractivity contribution in [1.82, 2.24) is 4.57 Å². The first-order valence-electron chi connectivity index (χ1n) is 7.90. The zero-order chi connectivity index (χ0) is 17.3. The standard InChI is InChI=1S/C20H20FN2O/c1-14-8-10-22(11-9-14)13-20(24)17-12-15(2)23(16(17)3)19-7-5-4-6-18(19)21/h4-12H,13H2,1-3H3/q+1. The summed E-state index contributed by atoms with van der Waals surface area (Å²) in [7, 11) is 0. The van der Waals surface area contributed by atoms with Crippen LogP contribution in [0.5, 0.6) is 0 Å². The molecule has 0 aliphatic carbocycles. The van der Waals surface area contributed by atoms with E-state index in [9.17, 15) is 9.18 Å². The number of pyridine rings is 1. The van der Waals surface area contributed by atoms with Crippen molar-refractivity contribution in [2.24, 2.45) is 0 Å². The molecular weight excluding hydrogens is 303 g/mol. The van der Waals surface area contributed by atoms with Crippen LogP contribution in [0.15, 0.2) is 54.9 Å². The molecule has 0 bridgehead atoms. The van der Waals surface area contributed by atoms with E-state index in [1.165, 1.54) is 6.07 Å². The molecule has 1 aromatic carbocycles. The second kappa shape index (κ2) is 6.40. The first-order chi connectivity index (χ1) is 11.5. The van der Waals surface area contributed by atoms with Crippen LogP contribution in [0.3, 0.4) is 0 Å². The predicted octanol–water partition coefficient (Wildman–Crippen LogP) is 3.71. The van der Waals surface area contributed by atoms with Crippen molar-refractivity contribution in [2.75, 3.05) is 0 Å². The molecule has 0 N–H and O–H groups in total. The Morgan fingerprint density at radius 3 is 2.42 bits per heavy atom. The Morgan fingerprint density at radius 1 is 1.08 bits per heavy atom. The van der Waals surface area contributed by atoms with Crippen LogP contribution < -0.4 is 4.57 Å². The summed E-state index contributed by atoms with van der Waals surface area (Å²) in [6, 6.07) is 12.4. The van der Waals surface area contributed by atoms with E-state index < -0.39 is 0 Å². The van der Waals surface area contributed by atoms with E-state index in [4.69, 9.17) is 0 Å². The van der Waals surface area contributed by atoms with Gasteiger partial charge < -0.3 is 4.57 Å². The fourth-order valence-electron chi connectivity index (χ4n) is 2.94. The fourth-order valence-corrected chi connectivity index (χ4v) is 2.94. The molecule has 0 fully saturated rings. The van der Waals surface area contributed by atoms with Gasteiger partial charge in [0.05, 0.1) is 5.69 Å². The number of carbonyl (C=O) groups excluding carboxylic acids is 1. The molecule has 2 heterocycles. The van der Waals surface area contributed by atoms with Gasteiger partial charge in [-0.25, -0.2) is 4.39 Å². The summed E-state index contributed by atoms with van der Waals surface area (Å²) in [5.74, 6) is -0.286. The third-order valence-corrected chi connectivity index (χ3v) is 4.21. The fraction of sp³-hybridized carbons (Fsp3) is 0.200. The maximum atomic E-state index is 14.1. The normalized spacial score (nSPS) is 10.8. The lowest BCUT2D eigenvalue weighted by Crippen LogP contribution is -2.37. The molecule has 0 unspecified atom stereocenters. The summed E-state index contributed by atoms with van der Waals surface area (Å²) in [4.78, 5) is 12.7. The summed E-state index contributed by atoms with van der Waals surface area (Å²) >= 11 is 0. The summed E-state index contributed by atoms with van der Waals surface area (Å²) in [5.41, 5.74) is 3.85. The number of Topliss-reactive ketones (excluding diaryl/α,β-unsaturated/α-hetero) is 1. The quantitative estimate of drug-likeness (QED) is 0.531. The molecule has 0 saturated heterocycles. The molecule has 0 aliphatic rings. The van der Waals surface area contributed by atoms with Gasteiger partial charge in [-0.1, -0.05) is 12.1 Å². The Kier molecular flexibility index (Phi) is 4.30. The van der Waals surface area contributed by atoms with Gasteiger partial charge in [0.1, 0.15) is 5.82 Å². The highest BCUT2D eigenvalue weighted by molar-refractivity contribution is 5.96. The van der Waals surface area contributed by atoms with Gasteiger partial charge in [-0.05, 0) is 44.5 Å². The predicted molar refractivity (Wildman–Crippen MR) is 90.9 cm³/mol. The summed E-state index contributed by atoms with van der Waals surface area (Å²) < 4.78 is 17.8. The number of carbonyl (C=O) groups is 1. The van der Waals surface area contributed by atoms with Crippen LogP contribution in [0.4, 0.5) is 4.39 Å². The number of aromatic nitrogens is 2. The van der Waals surface area contributed by atoms with Crippen molar-refractivity contribution in [1.29, 1.82) is 0 Å². The van der Waals surface area contributed by atoms with Crippen molar-refractivity contribution in [2.45, 2.75) is 27.3 Å². The molecule has 0 spiro atoms. The smallest absolute Gasteiger partial charge is 0.229 e. The number of aryl methyl sites for hydroxylation is 2. The van der Waals surface area contributed by atoms with Crippen molar-refractivity contribution >= 4 is 5.78 Å². The van der Waals surface area contributed by atoms with Crippen LogP contribution in [0.1, 0.15) is 27.3 Å². The van der Waals surface area contributed by atoms with E-state index >= 15 is 0 Å². The third kappa shape index (κ3) is 3.00. The van der Waals surface area contributed by atoms with E-state index in [0.717, 1.165) is 17.0 Å². The van der Waals surface area contributed by atoms with E-state index in [2.05, 4.69) is 0 Å². The second-order valence-corrected chi connectivity index (χ2v) is 6.04. The average molecular weight is 323 g/mol. The molecule has 0 radical (unpaired) electrons. The SMILES string of the molecule is Cc1cc[n+](CC(=O)c2cc(C)n(-c3ccccc3F)c2C)cc1. The van der Waals surface area contributed by atoms with Gasteiger partial charge in [0.25, 0.3) is 0 Å². The van der Waals surface area contributed by atoms with E-state index in [1.54, 1.807) is 22.8 Å². The Hall–Kier alpha value is -2.75. The topological polar surface area (TPSA) is 25.9 Å². The van der Waals surface area contributed by atoms with E-state index in [-0.39, 0.29) is 18.1 Å². The van der Waals surface area contributed by atoms with Crippen molar-refractivity contribution in [3.05, 3.63) is 83.2 Å². The molecule has 0 amide bonds. The van der Waals surface area contributed by atoms with Gasteiger partial charge in [0.2, 0.25) is 12.3 Å². The highest BCUT2D eigenvalue weighted by atomic mass is 19.1. The molecule has 4 heteroatoms. The highest BCUT2D eigenvalue weighted by Gasteiger charge is 2.20. The second-order valence-electron chi connectivity index (χ2n) is 6.04. The first kappa shape index (κ1) is 16.1. The molecule has 0 aliphatic heterocycles. The minimum absolute atomic E-state index is 0.0135. The van der Waals surface area contributed by atoms with Crippen molar-refractivity contribution in [3.8, 4) is 5.69 Å². The van der Waals surface area contributed by atoms with Gasteiger partial charge in [-0.2, -0.15) is 4.57 Å². The average Bonchev–Trinajstić information content (AvgIpc) is 2.85. The monoisotopic (exact) mass is 323 g/mol. The van der Waals surface area contributed by atoms with Crippen molar-refractivity contribution in [3.63, 3.8) is 0 Å². The zero-order valence-electron chi connectivity index (χ0n) is 14.1. The molecular formula is C20H20FN2O+. The van der Waals surface area contributed by atoms with Crippen molar-refractivity contribution < 1.29 is 13.8 Å². The number of hydrogen-bond donors (Lipinski definition) is 0. The molecule has 122 valence electrons. The number of ketones is 1. The Balaban J connectivity index is 1.95. The lowest BCUT2D eigenvalue weighted by Gasteiger charge is -2.10. The minimum atomic E-state index is -0.300. The molecule has 3 rings (SSSR count). The molecule has 0 atom stereocenters. The van der Waals surface area contributed by atoms with Gasteiger partial charge in [0.15, 0.2) is 12.4 Å². The van der Waals surface area contributed by atoms with E-state index in [0.29, 0.717) is 11.3 Å². The zero-order valence-corrected chi connectivity index (χ0v) is 14.1. The number of halogens is 1. The van der Waals surface area contributed by atoms with Crippen LogP contribution in [0.25, 0.3) is 5.69 Å². The van der Waals surface area contributed by atoms with Crippen LogP contribution in [-0.2, 0) is 6.54 Å². The minimum Gasteiger partial charge on any atom is -0.315 e. The molecule has 3 nitrogen and oxygen atoms in total. The van der Waals surface area contributed by atoms with Gasteiger partial charge in [0, 0.05) is 29.1 Å². The van der Waals surface area contributed by atoms with Gasteiger partial charge >= 0.3 is 0 Å². The van der Waals surface area contributed by atoms with Crippen LogP contribution in [0.2, 0.25) is 0 Å². The van der Waals surface area contributed by atoms with Gasteiger partial charge in [-0.3, -0.25) is 4.79 Å². The van der Waals surface area contributed by atoms with Crippen LogP contribution in [0, 0.1) is 26.6 Å². The largest absolute Gasteiger partial charge is 0.315 e. The lowest BCUT2D eigenvalue weighted by atomic mass is 10.1. The Bertz CT molecular complexity index is 895.